The monoisotopic (exact) mass is 461 g/mol. The number of carbonyl (C=O) groups excluding carboxylic acids is 3. The summed E-state index contributed by atoms with van der Waals surface area (Å²) in [6, 6.07) is 9.88. The highest BCUT2D eigenvalue weighted by Crippen LogP contribution is 2.21. The third-order valence-electron chi connectivity index (χ3n) is 4.84. The van der Waals surface area contributed by atoms with Crippen LogP contribution in [0.15, 0.2) is 47.4 Å². The molecule has 1 heterocycles. The summed E-state index contributed by atoms with van der Waals surface area (Å²) in [5.74, 6) is -1.50. The number of carbonyl (C=O) groups is 3. The quantitative estimate of drug-likeness (QED) is 0.507. The van der Waals surface area contributed by atoms with Crippen molar-refractivity contribution in [3.63, 3.8) is 0 Å². The lowest BCUT2D eigenvalue weighted by molar-refractivity contribution is 0.0878. The number of sulfonamides is 1. The molecule has 2 aromatic carbocycles. The second kappa shape index (κ2) is 10.0. The average Bonchev–Trinajstić information content (AvgIpc) is 3.06. The Hall–Kier alpha value is -3.12. The molecule has 0 spiro atoms. The second-order valence-corrected chi connectivity index (χ2v) is 8.85. The molecule has 1 aliphatic heterocycles. The lowest BCUT2D eigenvalue weighted by Crippen LogP contribution is -2.36. The highest BCUT2D eigenvalue weighted by Gasteiger charge is 2.27. The summed E-state index contributed by atoms with van der Waals surface area (Å²) in [5.41, 5.74) is 0.987. The summed E-state index contributed by atoms with van der Waals surface area (Å²) in [5, 5.41) is 4.82. The average molecular weight is 461 g/mol. The number of anilines is 1. The Morgan fingerprint density at radius 2 is 1.53 bits per heavy atom. The van der Waals surface area contributed by atoms with Gasteiger partial charge in [0.15, 0.2) is 0 Å². The fraction of sp³-hybridized carbons (Fsp3) is 0.286. The number of ether oxygens (including phenoxy) is 2. The van der Waals surface area contributed by atoms with Crippen LogP contribution in [0, 0.1) is 0 Å². The first kappa shape index (κ1) is 23.5. The van der Waals surface area contributed by atoms with Crippen LogP contribution >= 0.6 is 0 Å². The molecule has 2 N–H and O–H groups in total. The molecule has 0 aromatic heterocycles. The maximum Gasteiger partial charge on any atom is 0.259 e. The van der Waals surface area contributed by atoms with Gasteiger partial charge in [-0.25, -0.2) is 8.42 Å². The molecule has 170 valence electrons. The Bertz CT molecular complexity index is 1120. The molecular weight excluding hydrogens is 438 g/mol. The number of imide groups is 1. The van der Waals surface area contributed by atoms with Gasteiger partial charge in [0.2, 0.25) is 10.0 Å². The van der Waals surface area contributed by atoms with E-state index in [9.17, 15) is 22.8 Å². The predicted molar refractivity (Wildman–Crippen MR) is 115 cm³/mol. The number of benzene rings is 2. The molecule has 3 amide bonds. The first-order valence-corrected chi connectivity index (χ1v) is 11.1. The van der Waals surface area contributed by atoms with Gasteiger partial charge in [-0.3, -0.25) is 19.7 Å². The molecule has 11 heteroatoms. The first-order valence-electron chi connectivity index (χ1n) is 9.67. The SMILES string of the molecule is COCCN(CCOC)S(=O)(=O)c1ccc(C(=O)Nc2ccc3c(c2)C(=O)NC3=O)cc1. The molecule has 2 aromatic rings. The fourth-order valence-corrected chi connectivity index (χ4v) is 4.52. The van der Waals surface area contributed by atoms with E-state index in [4.69, 9.17) is 9.47 Å². The third-order valence-corrected chi connectivity index (χ3v) is 6.75. The van der Waals surface area contributed by atoms with Crippen LogP contribution in [0.3, 0.4) is 0 Å². The highest BCUT2D eigenvalue weighted by atomic mass is 32.2. The number of fused-ring (bicyclic) bond motifs is 1. The molecule has 3 rings (SSSR count). The van der Waals surface area contributed by atoms with Crippen LogP contribution in [0.1, 0.15) is 31.1 Å². The lowest BCUT2D eigenvalue weighted by Gasteiger charge is -2.21. The Kier molecular flexibility index (Phi) is 7.36. The molecular formula is C21H23N3O7S. The van der Waals surface area contributed by atoms with E-state index in [0.29, 0.717) is 5.69 Å². The molecule has 1 aliphatic rings. The van der Waals surface area contributed by atoms with Gasteiger partial charge in [-0.2, -0.15) is 4.31 Å². The van der Waals surface area contributed by atoms with Gasteiger partial charge in [0.1, 0.15) is 0 Å². The Morgan fingerprint density at radius 1 is 0.938 bits per heavy atom. The van der Waals surface area contributed by atoms with Crippen LogP contribution in [-0.4, -0.2) is 71.0 Å². The topological polar surface area (TPSA) is 131 Å². The van der Waals surface area contributed by atoms with Crippen molar-refractivity contribution in [3.8, 4) is 0 Å². The van der Waals surface area contributed by atoms with Crippen LogP contribution in [0.25, 0.3) is 0 Å². The number of nitrogens with zero attached hydrogens (tertiary/aromatic N) is 1. The van der Waals surface area contributed by atoms with Gasteiger partial charge in [-0.1, -0.05) is 0 Å². The van der Waals surface area contributed by atoms with Crippen molar-refractivity contribution >= 4 is 33.4 Å². The van der Waals surface area contributed by atoms with Gasteiger partial charge in [-0.05, 0) is 42.5 Å². The molecule has 10 nitrogen and oxygen atoms in total. The van der Waals surface area contributed by atoms with Crippen molar-refractivity contribution in [3.05, 3.63) is 59.2 Å². The van der Waals surface area contributed by atoms with E-state index in [1.807, 2.05) is 0 Å². The highest BCUT2D eigenvalue weighted by molar-refractivity contribution is 7.89. The molecule has 0 unspecified atom stereocenters. The maximum atomic E-state index is 12.9. The summed E-state index contributed by atoms with van der Waals surface area (Å²) < 4.78 is 37.1. The van der Waals surface area contributed by atoms with Gasteiger partial charge in [0.25, 0.3) is 17.7 Å². The first-order chi connectivity index (χ1) is 15.3. The lowest BCUT2D eigenvalue weighted by atomic mass is 10.1. The summed E-state index contributed by atoms with van der Waals surface area (Å²) in [6.45, 7) is 0.791. The minimum atomic E-state index is -3.80. The number of hydrogen-bond donors (Lipinski definition) is 2. The number of amides is 3. The van der Waals surface area contributed by atoms with Crippen molar-refractivity contribution in [2.24, 2.45) is 0 Å². The van der Waals surface area contributed by atoms with Crippen LogP contribution in [0.5, 0.6) is 0 Å². The summed E-state index contributed by atoms with van der Waals surface area (Å²) in [4.78, 5) is 36.0. The number of rotatable bonds is 10. The van der Waals surface area contributed by atoms with Gasteiger partial charge < -0.3 is 14.8 Å². The molecule has 32 heavy (non-hydrogen) atoms. The standard InChI is InChI=1S/C21H23N3O7S/c1-30-11-9-24(10-12-31-2)32(28,29)16-6-3-14(4-7-16)19(25)22-15-5-8-17-18(13-15)21(27)23-20(17)26/h3-8,13H,9-12H2,1-2H3,(H,22,25)(H,23,26,27). The number of nitrogens with one attached hydrogen (secondary N) is 2. The minimum Gasteiger partial charge on any atom is -0.383 e. The smallest absolute Gasteiger partial charge is 0.259 e. The van der Waals surface area contributed by atoms with Gasteiger partial charge in [0.05, 0.1) is 29.2 Å². The molecule has 0 saturated carbocycles. The van der Waals surface area contributed by atoms with Crippen molar-refractivity contribution in [2.75, 3.05) is 45.8 Å². The van der Waals surface area contributed by atoms with E-state index in [-0.39, 0.29) is 47.9 Å². The predicted octanol–water partition coefficient (Wildman–Crippen LogP) is 1.11. The Labute approximate surface area is 185 Å². The van der Waals surface area contributed by atoms with E-state index >= 15 is 0 Å². The van der Waals surface area contributed by atoms with Gasteiger partial charge in [-0.15, -0.1) is 0 Å². The minimum absolute atomic E-state index is 0.0361. The van der Waals surface area contributed by atoms with Crippen LogP contribution in [-0.2, 0) is 19.5 Å². The fourth-order valence-electron chi connectivity index (χ4n) is 3.11. The van der Waals surface area contributed by atoms with E-state index < -0.39 is 27.7 Å². The largest absolute Gasteiger partial charge is 0.383 e. The second-order valence-electron chi connectivity index (χ2n) is 6.91. The molecule has 0 atom stereocenters. The van der Waals surface area contributed by atoms with E-state index in [0.717, 1.165) is 0 Å². The Balaban J connectivity index is 1.74. The van der Waals surface area contributed by atoms with E-state index in [1.165, 1.54) is 61.0 Å². The van der Waals surface area contributed by atoms with Crippen molar-refractivity contribution in [2.45, 2.75) is 4.90 Å². The maximum absolute atomic E-state index is 12.9. The van der Waals surface area contributed by atoms with E-state index in [2.05, 4.69) is 10.6 Å². The normalized spacial score (nSPS) is 13.2. The Morgan fingerprint density at radius 3 is 2.12 bits per heavy atom. The zero-order valence-electron chi connectivity index (χ0n) is 17.6. The van der Waals surface area contributed by atoms with Crippen LogP contribution in [0.2, 0.25) is 0 Å². The van der Waals surface area contributed by atoms with E-state index in [1.54, 1.807) is 0 Å². The van der Waals surface area contributed by atoms with Crippen molar-refractivity contribution in [1.82, 2.24) is 9.62 Å². The molecule has 0 radical (unpaired) electrons. The molecule has 0 aliphatic carbocycles. The number of hydrogen-bond acceptors (Lipinski definition) is 7. The molecule has 0 fully saturated rings. The molecule has 0 bridgehead atoms. The van der Waals surface area contributed by atoms with Crippen molar-refractivity contribution < 1.29 is 32.3 Å². The number of methoxy groups -OCH3 is 2. The molecule has 0 saturated heterocycles. The summed E-state index contributed by atoms with van der Waals surface area (Å²) in [6.07, 6.45) is 0. The van der Waals surface area contributed by atoms with Crippen molar-refractivity contribution in [1.29, 1.82) is 0 Å². The third kappa shape index (κ3) is 5.02. The van der Waals surface area contributed by atoms with Crippen LogP contribution < -0.4 is 10.6 Å². The summed E-state index contributed by atoms with van der Waals surface area (Å²) >= 11 is 0. The zero-order chi connectivity index (χ0) is 23.3. The van der Waals surface area contributed by atoms with Gasteiger partial charge >= 0.3 is 0 Å². The van der Waals surface area contributed by atoms with Gasteiger partial charge in [0, 0.05) is 38.6 Å². The van der Waals surface area contributed by atoms with Crippen LogP contribution in [0.4, 0.5) is 5.69 Å². The summed E-state index contributed by atoms with van der Waals surface area (Å²) in [7, 11) is -0.828. The zero-order valence-corrected chi connectivity index (χ0v) is 18.4.